The number of hydrogen-bond acceptors (Lipinski definition) is 4. The van der Waals surface area contributed by atoms with Crippen LogP contribution in [0, 0.1) is 0 Å². The van der Waals surface area contributed by atoms with Gasteiger partial charge in [-0.1, -0.05) is 6.07 Å². The summed E-state index contributed by atoms with van der Waals surface area (Å²) < 4.78 is 1.58. The summed E-state index contributed by atoms with van der Waals surface area (Å²) in [4.78, 5) is 15.2. The number of pyridine rings is 1. The highest BCUT2D eigenvalue weighted by molar-refractivity contribution is 5.85. The third-order valence-electron chi connectivity index (χ3n) is 3.93. The quantitative estimate of drug-likeness (QED) is 0.722. The number of nitrogens with one attached hydrogen (secondary N) is 1. The van der Waals surface area contributed by atoms with E-state index in [0.717, 1.165) is 47.8 Å². The predicted molar refractivity (Wildman–Crippen MR) is 73.9 cm³/mol. The monoisotopic (exact) mass is 267 g/mol. The Labute approximate surface area is 114 Å². The van der Waals surface area contributed by atoms with Gasteiger partial charge in [0.05, 0.1) is 11.2 Å². The lowest BCUT2D eigenvalue weighted by Crippen LogP contribution is -2.19. The number of hydrogen-bond donors (Lipinski definition) is 1. The molecule has 2 aromatic heterocycles. The van der Waals surface area contributed by atoms with Gasteiger partial charge in [0.1, 0.15) is 6.33 Å². The van der Waals surface area contributed by atoms with E-state index in [2.05, 4.69) is 20.5 Å². The maximum absolute atomic E-state index is 12.2. The maximum atomic E-state index is 12.2. The molecule has 0 atom stereocenters. The molecule has 0 saturated carbocycles. The maximum Gasteiger partial charge on any atom is 0.251 e. The molecule has 100 valence electrons. The van der Waals surface area contributed by atoms with Crippen LogP contribution in [0.25, 0.3) is 16.6 Å². The second kappa shape index (κ2) is 4.26. The van der Waals surface area contributed by atoms with Gasteiger partial charge in [0.2, 0.25) is 0 Å². The summed E-state index contributed by atoms with van der Waals surface area (Å²) in [6.07, 6.45) is 5.66. The van der Waals surface area contributed by atoms with Crippen LogP contribution < -0.4 is 5.56 Å². The topological polar surface area (TPSA) is 76.5 Å². The van der Waals surface area contributed by atoms with Gasteiger partial charge in [0, 0.05) is 10.9 Å². The standard InChI is InChI=1S/C14H13N5O/c20-14-12-4-2-1-3-10(12)11-6-5-9(7-13(11)16-14)19-8-15-17-18-19/h5-8H,1-4H2,(H,16,20). The molecule has 6 heteroatoms. The van der Waals surface area contributed by atoms with Crippen LogP contribution in [0.1, 0.15) is 24.0 Å². The van der Waals surface area contributed by atoms with Crippen molar-refractivity contribution in [2.75, 3.05) is 0 Å². The number of tetrazole rings is 1. The molecule has 20 heavy (non-hydrogen) atoms. The number of H-pyrrole nitrogens is 1. The van der Waals surface area contributed by atoms with E-state index in [0.29, 0.717) is 0 Å². The first-order valence-electron chi connectivity index (χ1n) is 6.74. The zero-order chi connectivity index (χ0) is 13.5. The first-order valence-corrected chi connectivity index (χ1v) is 6.74. The van der Waals surface area contributed by atoms with Crippen LogP contribution in [0.2, 0.25) is 0 Å². The minimum absolute atomic E-state index is 0.0427. The van der Waals surface area contributed by atoms with Crippen LogP contribution in [-0.2, 0) is 12.8 Å². The van der Waals surface area contributed by atoms with Gasteiger partial charge in [-0.25, -0.2) is 4.68 Å². The second-order valence-corrected chi connectivity index (χ2v) is 5.10. The normalized spacial score (nSPS) is 14.4. The SMILES string of the molecule is O=c1[nH]c2cc(-n3cnnn3)ccc2c2c1CCCC2. The summed E-state index contributed by atoms with van der Waals surface area (Å²) in [5.74, 6) is 0. The zero-order valence-electron chi connectivity index (χ0n) is 10.8. The molecule has 1 aromatic carbocycles. The average molecular weight is 267 g/mol. The van der Waals surface area contributed by atoms with Crippen LogP contribution in [0.5, 0.6) is 0 Å². The van der Waals surface area contributed by atoms with E-state index in [1.165, 1.54) is 11.9 Å². The van der Waals surface area contributed by atoms with Gasteiger partial charge >= 0.3 is 0 Å². The fourth-order valence-corrected chi connectivity index (χ4v) is 2.97. The van der Waals surface area contributed by atoms with E-state index < -0.39 is 0 Å². The molecule has 2 heterocycles. The van der Waals surface area contributed by atoms with Crippen molar-refractivity contribution in [3.8, 4) is 5.69 Å². The van der Waals surface area contributed by atoms with Gasteiger partial charge in [-0.2, -0.15) is 0 Å². The van der Waals surface area contributed by atoms with Gasteiger partial charge in [-0.3, -0.25) is 4.79 Å². The van der Waals surface area contributed by atoms with E-state index in [4.69, 9.17) is 0 Å². The molecule has 1 aliphatic carbocycles. The van der Waals surface area contributed by atoms with Crippen molar-refractivity contribution >= 4 is 10.9 Å². The minimum Gasteiger partial charge on any atom is -0.322 e. The Bertz CT molecular complexity index is 835. The molecule has 1 aliphatic rings. The van der Waals surface area contributed by atoms with E-state index in [9.17, 15) is 4.79 Å². The third-order valence-corrected chi connectivity index (χ3v) is 3.93. The predicted octanol–water partition coefficient (Wildman–Crippen LogP) is 1.38. The first-order chi connectivity index (χ1) is 9.83. The third kappa shape index (κ3) is 1.65. The van der Waals surface area contributed by atoms with Crippen molar-refractivity contribution in [1.29, 1.82) is 0 Å². The summed E-state index contributed by atoms with van der Waals surface area (Å²) in [5, 5.41) is 12.3. The molecular weight excluding hydrogens is 254 g/mol. The van der Waals surface area contributed by atoms with Crippen molar-refractivity contribution < 1.29 is 0 Å². The lowest BCUT2D eigenvalue weighted by molar-refractivity contribution is 0.682. The van der Waals surface area contributed by atoms with Crippen LogP contribution in [0.15, 0.2) is 29.3 Å². The molecule has 0 unspecified atom stereocenters. The molecule has 3 aromatic rings. The van der Waals surface area contributed by atoms with Gasteiger partial charge in [0.15, 0.2) is 0 Å². The Morgan fingerprint density at radius 1 is 1.15 bits per heavy atom. The highest BCUT2D eigenvalue weighted by Gasteiger charge is 2.16. The summed E-state index contributed by atoms with van der Waals surface area (Å²) >= 11 is 0. The average Bonchev–Trinajstić information content (AvgIpc) is 3.01. The number of fused-ring (bicyclic) bond motifs is 3. The second-order valence-electron chi connectivity index (χ2n) is 5.10. The Morgan fingerprint density at radius 3 is 2.80 bits per heavy atom. The fraction of sp³-hybridized carbons (Fsp3) is 0.286. The van der Waals surface area contributed by atoms with Crippen molar-refractivity contribution in [2.24, 2.45) is 0 Å². The zero-order valence-corrected chi connectivity index (χ0v) is 10.8. The molecule has 6 nitrogen and oxygen atoms in total. The first kappa shape index (κ1) is 11.3. The summed E-state index contributed by atoms with van der Waals surface area (Å²) in [5.41, 5.74) is 3.90. The molecule has 0 saturated heterocycles. The van der Waals surface area contributed by atoms with Crippen molar-refractivity contribution in [2.45, 2.75) is 25.7 Å². The Morgan fingerprint density at radius 2 is 2.00 bits per heavy atom. The van der Waals surface area contributed by atoms with Gasteiger partial charge < -0.3 is 4.98 Å². The molecule has 0 spiro atoms. The number of benzene rings is 1. The number of aromatic nitrogens is 5. The number of aromatic amines is 1. The van der Waals surface area contributed by atoms with Crippen molar-refractivity contribution in [3.05, 3.63) is 46.0 Å². The van der Waals surface area contributed by atoms with Crippen LogP contribution in [0.3, 0.4) is 0 Å². The number of rotatable bonds is 1. The highest BCUT2D eigenvalue weighted by Crippen LogP contribution is 2.26. The Balaban J connectivity index is 1.98. The van der Waals surface area contributed by atoms with E-state index >= 15 is 0 Å². The summed E-state index contributed by atoms with van der Waals surface area (Å²) in [6.45, 7) is 0. The van der Waals surface area contributed by atoms with Crippen LogP contribution in [0.4, 0.5) is 0 Å². The van der Waals surface area contributed by atoms with Gasteiger partial charge in [-0.15, -0.1) is 5.10 Å². The van der Waals surface area contributed by atoms with Crippen molar-refractivity contribution in [1.82, 2.24) is 25.2 Å². The molecule has 0 aliphatic heterocycles. The Hall–Kier alpha value is -2.50. The minimum atomic E-state index is 0.0427. The Kier molecular flexibility index (Phi) is 2.42. The summed E-state index contributed by atoms with van der Waals surface area (Å²) in [6, 6.07) is 5.94. The molecule has 4 rings (SSSR count). The number of aryl methyl sites for hydroxylation is 1. The molecule has 0 radical (unpaired) electrons. The lowest BCUT2D eigenvalue weighted by atomic mass is 9.90. The largest absolute Gasteiger partial charge is 0.322 e. The lowest BCUT2D eigenvalue weighted by Gasteiger charge is -2.17. The smallest absolute Gasteiger partial charge is 0.251 e. The van der Waals surface area contributed by atoms with Crippen molar-refractivity contribution in [3.63, 3.8) is 0 Å². The van der Waals surface area contributed by atoms with Crippen LogP contribution >= 0.6 is 0 Å². The van der Waals surface area contributed by atoms with E-state index in [-0.39, 0.29) is 5.56 Å². The van der Waals surface area contributed by atoms with Gasteiger partial charge in [-0.05, 0) is 53.8 Å². The van der Waals surface area contributed by atoms with Crippen LogP contribution in [-0.4, -0.2) is 25.2 Å². The number of nitrogens with zero attached hydrogens (tertiary/aromatic N) is 4. The molecular formula is C14H13N5O. The fourth-order valence-electron chi connectivity index (χ4n) is 2.97. The van der Waals surface area contributed by atoms with E-state index in [1.807, 2.05) is 18.2 Å². The molecule has 0 amide bonds. The van der Waals surface area contributed by atoms with Gasteiger partial charge in [0.25, 0.3) is 5.56 Å². The molecule has 1 N–H and O–H groups in total. The van der Waals surface area contributed by atoms with E-state index in [1.54, 1.807) is 4.68 Å². The molecule has 0 fully saturated rings. The molecule has 0 bridgehead atoms. The highest BCUT2D eigenvalue weighted by atomic mass is 16.1. The summed E-state index contributed by atoms with van der Waals surface area (Å²) in [7, 11) is 0.